The standard InChI is InChI=1S/C22H22N2O5S/c1-29-14-15-30(27,28)20-11-7-18(8-12-20)22(26)23-19-9-5-17(6-10-19)16-24-13-3-2-4-21(24)25/h2-13H,14-16H2,1H3,(H,23,26). The Morgan fingerprint density at radius 1 is 1.00 bits per heavy atom. The molecule has 8 heteroatoms. The molecular weight excluding hydrogens is 404 g/mol. The fourth-order valence-electron chi connectivity index (χ4n) is 2.81. The van der Waals surface area contributed by atoms with Crippen LogP contribution in [0.4, 0.5) is 5.69 Å². The van der Waals surface area contributed by atoms with Crippen molar-refractivity contribution in [1.29, 1.82) is 0 Å². The lowest BCUT2D eigenvalue weighted by Gasteiger charge is -2.09. The van der Waals surface area contributed by atoms with E-state index < -0.39 is 9.84 Å². The minimum Gasteiger partial charge on any atom is -0.384 e. The minimum atomic E-state index is -3.44. The van der Waals surface area contributed by atoms with Gasteiger partial charge in [-0.1, -0.05) is 18.2 Å². The van der Waals surface area contributed by atoms with Crippen molar-refractivity contribution in [1.82, 2.24) is 4.57 Å². The Bertz CT molecular complexity index is 1170. The predicted molar refractivity (Wildman–Crippen MR) is 115 cm³/mol. The molecule has 156 valence electrons. The topological polar surface area (TPSA) is 94.5 Å². The van der Waals surface area contributed by atoms with Crippen molar-refractivity contribution in [3.63, 3.8) is 0 Å². The van der Waals surface area contributed by atoms with E-state index in [1.165, 1.54) is 37.4 Å². The molecule has 1 amide bonds. The largest absolute Gasteiger partial charge is 0.384 e. The maximum atomic E-state index is 12.4. The van der Waals surface area contributed by atoms with Crippen molar-refractivity contribution in [2.24, 2.45) is 0 Å². The van der Waals surface area contributed by atoms with E-state index in [0.29, 0.717) is 17.8 Å². The van der Waals surface area contributed by atoms with Crippen LogP contribution in [0, 0.1) is 0 Å². The van der Waals surface area contributed by atoms with Gasteiger partial charge in [0.15, 0.2) is 9.84 Å². The van der Waals surface area contributed by atoms with Crippen LogP contribution in [0.3, 0.4) is 0 Å². The van der Waals surface area contributed by atoms with Crippen LogP contribution in [-0.2, 0) is 21.1 Å². The number of benzene rings is 2. The lowest BCUT2D eigenvalue weighted by Crippen LogP contribution is -2.18. The molecule has 0 aliphatic rings. The molecule has 7 nitrogen and oxygen atoms in total. The van der Waals surface area contributed by atoms with Gasteiger partial charge < -0.3 is 14.6 Å². The smallest absolute Gasteiger partial charge is 0.255 e. The van der Waals surface area contributed by atoms with Crippen LogP contribution in [0.5, 0.6) is 0 Å². The number of nitrogens with zero attached hydrogens (tertiary/aromatic N) is 1. The Morgan fingerprint density at radius 3 is 2.33 bits per heavy atom. The third-order valence-electron chi connectivity index (χ3n) is 4.50. The zero-order valence-corrected chi connectivity index (χ0v) is 17.3. The molecule has 1 aromatic heterocycles. The van der Waals surface area contributed by atoms with Gasteiger partial charge in [0, 0.05) is 30.6 Å². The molecule has 0 saturated carbocycles. The quantitative estimate of drug-likeness (QED) is 0.597. The summed E-state index contributed by atoms with van der Waals surface area (Å²) in [4.78, 5) is 24.4. The molecule has 0 atom stereocenters. The molecule has 0 radical (unpaired) electrons. The van der Waals surface area contributed by atoms with Gasteiger partial charge in [-0.05, 0) is 48.0 Å². The number of rotatable bonds is 8. The zero-order valence-electron chi connectivity index (χ0n) is 16.4. The van der Waals surface area contributed by atoms with Crippen LogP contribution in [0.25, 0.3) is 0 Å². The van der Waals surface area contributed by atoms with Crippen LogP contribution in [0.2, 0.25) is 0 Å². The Kier molecular flexibility index (Phi) is 6.81. The normalized spacial score (nSPS) is 11.2. The summed E-state index contributed by atoms with van der Waals surface area (Å²) in [6.07, 6.45) is 1.72. The minimum absolute atomic E-state index is 0.0810. The lowest BCUT2D eigenvalue weighted by molar-refractivity contribution is 0.102. The van der Waals surface area contributed by atoms with Crippen LogP contribution < -0.4 is 10.9 Å². The number of anilines is 1. The second-order valence-corrected chi connectivity index (χ2v) is 8.76. The van der Waals surface area contributed by atoms with Crippen molar-refractivity contribution >= 4 is 21.4 Å². The molecular formula is C22H22N2O5S. The summed E-state index contributed by atoms with van der Waals surface area (Å²) >= 11 is 0. The Morgan fingerprint density at radius 2 is 1.70 bits per heavy atom. The zero-order chi connectivity index (χ0) is 21.6. The van der Waals surface area contributed by atoms with Crippen molar-refractivity contribution in [2.75, 3.05) is 24.8 Å². The van der Waals surface area contributed by atoms with E-state index in [1.54, 1.807) is 35.0 Å². The van der Waals surface area contributed by atoms with Crippen LogP contribution >= 0.6 is 0 Å². The molecule has 1 heterocycles. The number of methoxy groups -OCH3 is 1. The Labute approximate surface area is 174 Å². The van der Waals surface area contributed by atoms with Crippen molar-refractivity contribution < 1.29 is 17.9 Å². The van der Waals surface area contributed by atoms with Crippen molar-refractivity contribution in [3.05, 3.63) is 94.4 Å². The molecule has 0 aliphatic carbocycles. The third kappa shape index (κ3) is 5.43. The first-order valence-corrected chi connectivity index (χ1v) is 10.9. The number of sulfone groups is 1. The van der Waals surface area contributed by atoms with Crippen LogP contribution in [0.1, 0.15) is 15.9 Å². The highest BCUT2D eigenvalue weighted by Crippen LogP contribution is 2.15. The van der Waals surface area contributed by atoms with E-state index in [9.17, 15) is 18.0 Å². The number of carbonyl (C=O) groups excluding carboxylic acids is 1. The van der Waals surface area contributed by atoms with Gasteiger partial charge >= 0.3 is 0 Å². The number of hydrogen-bond donors (Lipinski definition) is 1. The fourth-order valence-corrected chi connectivity index (χ4v) is 3.98. The summed E-state index contributed by atoms with van der Waals surface area (Å²) < 4.78 is 30.7. The highest BCUT2D eigenvalue weighted by molar-refractivity contribution is 7.91. The van der Waals surface area contributed by atoms with E-state index >= 15 is 0 Å². The fraction of sp³-hybridized carbons (Fsp3) is 0.182. The van der Waals surface area contributed by atoms with Crippen LogP contribution in [-0.4, -0.2) is 38.4 Å². The average molecular weight is 426 g/mol. The molecule has 30 heavy (non-hydrogen) atoms. The van der Waals surface area contributed by atoms with Gasteiger partial charge in [-0.15, -0.1) is 0 Å². The van der Waals surface area contributed by atoms with E-state index in [4.69, 9.17) is 4.74 Å². The number of amides is 1. The van der Waals surface area contributed by atoms with Crippen molar-refractivity contribution in [2.45, 2.75) is 11.4 Å². The molecule has 3 rings (SSSR count). The average Bonchev–Trinajstić information content (AvgIpc) is 2.75. The monoisotopic (exact) mass is 426 g/mol. The van der Waals surface area contributed by atoms with E-state index in [0.717, 1.165) is 5.56 Å². The van der Waals surface area contributed by atoms with Gasteiger partial charge in [-0.2, -0.15) is 0 Å². The summed E-state index contributed by atoms with van der Waals surface area (Å²) in [5.74, 6) is -0.459. The molecule has 2 aromatic carbocycles. The molecule has 0 fully saturated rings. The number of aromatic nitrogens is 1. The van der Waals surface area contributed by atoms with Gasteiger partial charge in [0.2, 0.25) is 0 Å². The second-order valence-electron chi connectivity index (χ2n) is 6.65. The maximum Gasteiger partial charge on any atom is 0.255 e. The molecule has 1 N–H and O–H groups in total. The first-order chi connectivity index (χ1) is 14.4. The number of carbonyl (C=O) groups is 1. The lowest BCUT2D eigenvalue weighted by atomic mass is 10.1. The highest BCUT2D eigenvalue weighted by atomic mass is 32.2. The molecule has 3 aromatic rings. The Balaban J connectivity index is 1.64. The summed E-state index contributed by atoms with van der Waals surface area (Å²) in [5, 5.41) is 2.78. The van der Waals surface area contributed by atoms with Gasteiger partial charge in [0.1, 0.15) is 0 Å². The number of ether oxygens (including phenoxy) is 1. The molecule has 0 spiro atoms. The SMILES string of the molecule is COCCS(=O)(=O)c1ccc(C(=O)Nc2ccc(Cn3ccccc3=O)cc2)cc1. The third-order valence-corrected chi connectivity index (χ3v) is 6.19. The van der Waals surface area contributed by atoms with Gasteiger partial charge in [0.05, 0.1) is 23.8 Å². The number of pyridine rings is 1. The van der Waals surface area contributed by atoms with Crippen LogP contribution in [0.15, 0.2) is 82.6 Å². The van der Waals surface area contributed by atoms with E-state index in [1.807, 2.05) is 12.1 Å². The summed E-state index contributed by atoms with van der Waals surface area (Å²) in [6, 6.07) is 18.0. The summed E-state index contributed by atoms with van der Waals surface area (Å²) in [6.45, 7) is 0.548. The van der Waals surface area contributed by atoms with E-state index in [-0.39, 0.29) is 28.7 Å². The summed E-state index contributed by atoms with van der Waals surface area (Å²) in [5.41, 5.74) is 1.79. The van der Waals surface area contributed by atoms with Gasteiger partial charge in [-0.3, -0.25) is 9.59 Å². The summed E-state index contributed by atoms with van der Waals surface area (Å²) in [7, 11) is -2.00. The number of hydrogen-bond acceptors (Lipinski definition) is 5. The molecule has 0 unspecified atom stereocenters. The second kappa shape index (κ2) is 9.51. The van der Waals surface area contributed by atoms with Crippen molar-refractivity contribution in [3.8, 4) is 0 Å². The maximum absolute atomic E-state index is 12.4. The highest BCUT2D eigenvalue weighted by Gasteiger charge is 2.15. The predicted octanol–water partition coefficient (Wildman–Crippen LogP) is 2.57. The number of nitrogens with one attached hydrogen (secondary N) is 1. The first kappa shape index (κ1) is 21.5. The van der Waals surface area contributed by atoms with Gasteiger partial charge in [-0.25, -0.2) is 8.42 Å². The van der Waals surface area contributed by atoms with Gasteiger partial charge in [0.25, 0.3) is 11.5 Å². The molecule has 0 bridgehead atoms. The van der Waals surface area contributed by atoms with E-state index in [2.05, 4.69) is 5.32 Å². The Hall–Kier alpha value is -3.23. The molecule has 0 saturated heterocycles. The molecule has 0 aliphatic heterocycles. The first-order valence-electron chi connectivity index (χ1n) is 9.26.